The second-order valence-electron chi connectivity index (χ2n) is 4.62. The monoisotopic (exact) mass is 365 g/mol. The summed E-state index contributed by atoms with van der Waals surface area (Å²) >= 11 is 11.8. The van der Waals surface area contributed by atoms with Crippen LogP contribution in [0, 0.1) is 5.21 Å². The molecule has 0 spiro atoms. The molecule has 23 heavy (non-hydrogen) atoms. The fraction of sp³-hybridized carbons (Fsp3) is 0.214. The quantitative estimate of drug-likeness (QED) is 0.629. The molecule has 0 aliphatic heterocycles. The first-order valence-electron chi connectivity index (χ1n) is 6.30. The molecule has 0 unspecified atom stereocenters. The predicted octanol–water partition coefficient (Wildman–Crippen LogP) is 3.21. The van der Waals surface area contributed by atoms with Gasteiger partial charge in [-0.1, -0.05) is 29.3 Å². The van der Waals surface area contributed by atoms with Gasteiger partial charge in [-0.3, -0.25) is 0 Å². The maximum atomic E-state index is 12.1. The van der Waals surface area contributed by atoms with Crippen molar-refractivity contribution < 1.29 is 28.5 Å². The Hall–Kier alpha value is -1.83. The minimum Gasteiger partial charge on any atom is -0.619 e. The lowest BCUT2D eigenvalue weighted by atomic mass is 10.0. The summed E-state index contributed by atoms with van der Waals surface area (Å²) < 4.78 is 28.8. The van der Waals surface area contributed by atoms with E-state index in [1.54, 1.807) is 0 Å². The van der Waals surface area contributed by atoms with Crippen LogP contribution in [0.4, 0.5) is 8.78 Å². The third kappa shape index (κ3) is 4.34. The first kappa shape index (κ1) is 17.5. The number of nitrogens with zero attached hydrogens (tertiary/aromatic N) is 1. The third-order valence-electron chi connectivity index (χ3n) is 3.04. The maximum absolute atomic E-state index is 12.1. The van der Waals surface area contributed by atoms with Crippen molar-refractivity contribution in [2.45, 2.75) is 19.1 Å². The van der Waals surface area contributed by atoms with Crippen molar-refractivity contribution in [1.29, 1.82) is 0 Å². The molecule has 0 saturated carbocycles. The largest absolute Gasteiger partial charge is 0.619 e. The molecule has 1 atom stereocenters. The van der Waals surface area contributed by atoms with Crippen LogP contribution in [-0.4, -0.2) is 16.8 Å². The zero-order chi connectivity index (χ0) is 17.1. The third-order valence-corrected chi connectivity index (χ3v) is 3.69. The van der Waals surface area contributed by atoms with Gasteiger partial charge in [-0.2, -0.15) is 13.5 Å². The van der Waals surface area contributed by atoms with E-state index in [2.05, 4.69) is 4.74 Å². The summed E-state index contributed by atoms with van der Waals surface area (Å²) in [5.74, 6) is -0.941. The molecule has 0 radical (unpaired) electrons. The molecule has 1 aromatic heterocycles. The Kier molecular flexibility index (Phi) is 5.46. The van der Waals surface area contributed by atoms with Gasteiger partial charge in [0.15, 0.2) is 23.9 Å². The van der Waals surface area contributed by atoms with Crippen molar-refractivity contribution in [1.82, 2.24) is 0 Å². The number of benzene rings is 1. The van der Waals surface area contributed by atoms with E-state index in [-0.39, 0.29) is 22.0 Å². The lowest BCUT2D eigenvalue weighted by molar-refractivity contribution is -0.605. The van der Waals surface area contributed by atoms with Crippen LogP contribution in [0.25, 0.3) is 0 Å². The van der Waals surface area contributed by atoms with Crippen molar-refractivity contribution in [3.05, 3.63) is 57.0 Å². The van der Waals surface area contributed by atoms with E-state index in [1.807, 2.05) is 0 Å². The van der Waals surface area contributed by atoms with Crippen molar-refractivity contribution in [3.63, 3.8) is 0 Å². The fourth-order valence-electron chi connectivity index (χ4n) is 1.97. The molecule has 1 heterocycles. The lowest BCUT2D eigenvalue weighted by Gasteiger charge is -2.14. The average molecular weight is 366 g/mol. The fourth-order valence-corrected chi connectivity index (χ4v) is 2.57. The van der Waals surface area contributed by atoms with Gasteiger partial charge in [-0.05, 0) is 17.7 Å². The summed E-state index contributed by atoms with van der Waals surface area (Å²) in [4.78, 5) is 0. The number of hydrogen-bond donors (Lipinski definition) is 2. The van der Waals surface area contributed by atoms with E-state index in [9.17, 15) is 24.2 Å². The summed E-state index contributed by atoms with van der Waals surface area (Å²) in [5.41, 5.74) is 0.593. The number of aliphatic hydroxyl groups is 1. The van der Waals surface area contributed by atoms with Gasteiger partial charge in [-0.15, -0.1) is 0 Å². The zero-order valence-electron chi connectivity index (χ0n) is 11.4. The summed E-state index contributed by atoms with van der Waals surface area (Å²) in [6.45, 7) is -3.07. The maximum Gasteiger partial charge on any atom is 0.387 e. The Morgan fingerprint density at radius 1 is 1.22 bits per heavy atom. The lowest BCUT2D eigenvalue weighted by Crippen LogP contribution is -2.25. The number of pyridine rings is 1. The van der Waals surface area contributed by atoms with Crippen LogP contribution >= 0.6 is 23.2 Å². The zero-order valence-corrected chi connectivity index (χ0v) is 12.9. The van der Waals surface area contributed by atoms with Gasteiger partial charge in [0.2, 0.25) is 0 Å². The number of aromatic hydroxyl groups is 1. The van der Waals surface area contributed by atoms with Gasteiger partial charge in [0.1, 0.15) is 10.0 Å². The van der Waals surface area contributed by atoms with Gasteiger partial charge in [-0.25, -0.2) is 0 Å². The molecule has 0 amide bonds. The highest BCUT2D eigenvalue weighted by molar-refractivity contribution is 6.35. The van der Waals surface area contributed by atoms with Crippen LogP contribution in [-0.2, 0) is 6.42 Å². The van der Waals surface area contributed by atoms with E-state index < -0.39 is 24.2 Å². The van der Waals surface area contributed by atoms with Crippen LogP contribution in [0.5, 0.6) is 11.5 Å². The van der Waals surface area contributed by atoms with E-state index in [1.165, 1.54) is 6.07 Å². The molecule has 124 valence electrons. The first-order chi connectivity index (χ1) is 10.8. The van der Waals surface area contributed by atoms with Crippen LogP contribution in [0.3, 0.4) is 0 Å². The molecular formula is C14H11Cl2F2NO4. The molecule has 0 aliphatic rings. The summed E-state index contributed by atoms with van der Waals surface area (Å²) in [6.07, 6.45) is 1.02. The number of hydrogen-bond acceptors (Lipinski definition) is 4. The van der Waals surface area contributed by atoms with Gasteiger partial charge in [0.25, 0.3) is 0 Å². The van der Waals surface area contributed by atoms with E-state index in [0.29, 0.717) is 10.3 Å². The van der Waals surface area contributed by atoms with Crippen molar-refractivity contribution in [2.75, 3.05) is 0 Å². The summed E-state index contributed by atoms with van der Waals surface area (Å²) in [5, 5.41) is 31.1. The highest BCUT2D eigenvalue weighted by Gasteiger charge is 2.18. The number of halogens is 4. The number of aromatic nitrogens is 1. The molecule has 0 bridgehead atoms. The molecule has 0 fully saturated rings. The Balaban J connectivity index is 2.21. The van der Waals surface area contributed by atoms with Gasteiger partial charge in [0.05, 0.1) is 6.10 Å². The molecule has 2 aromatic rings. The number of phenolic OH excluding ortho intramolecular Hbond substituents is 1. The van der Waals surface area contributed by atoms with Gasteiger partial charge >= 0.3 is 6.61 Å². The molecule has 9 heteroatoms. The predicted molar refractivity (Wildman–Crippen MR) is 78.8 cm³/mol. The first-order valence-corrected chi connectivity index (χ1v) is 7.06. The molecule has 0 saturated heterocycles. The SMILES string of the molecule is [O-][n+]1cc(Cl)c(C[C@H](O)c2ccc(OC(F)F)c(O)c2)c(Cl)c1. The highest BCUT2D eigenvalue weighted by Crippen LogP contribution is 2.33. The number of ether oxygens (including phenoxy) is 1. The Bertz CT molecular complexity index is 692. The molecular weight excluding hydrogens is 355 g/mol. The molecule has 2 rings (SSSR count). The number of phenols is 1. The van der Waals surface area contributed by atoms with Crippen LogP contribution in [0.2, 0.25) is 10.0 Å². The van der Waals surface area contributed by atoms with Crippen LogP contribution in [0.15, 0.2) is 30.6 Å². The van der Waals surface area contributed by atoms with Crippen LogP contribution in [0.1, 0.15) is 17.2 Å². The summed E-state index contributed by atoms with van der Waals surface area (Å²) in [7, 11) is 0. The number of rotatable bonds is 5. The van der Waals surface area contributed by atoms with Gasteiger partial charge in [0, 0.05) is 12.0 Å². The minimum absolute atomic E-state index is 0.0347. The number of alkyl halides is 2. The number of aliphatic hydroxyl groups excluding tert-OH is 1. The molecule has 2 N–H and O–H groups in total. The Morgan fingerprint density at radius 3 is 2.35 bits per heavy atom. The molecule has 5 nitrogen and oxygen atoms in total. The Morgan fingerprint density at radius 2 is 1.83 bits per heavy atom. The van der Waals surface area contributed by atoms with Crippen molar-refractivity contribution >= 4 is 23.2 Å². The van der Waals surface area contributed by atoms with E-state index >= 15 is 0 Å². The normalized spacial score (nSPS) is 12.4. The molecule has 1 aromatic carbocycles. The standard InChI is InChI=1S/C14H11Cl2F2NO4/c15-9-5-19(22)6-10(16)8(9)4-11(20)7-1-2-13(12(21)3-7)23-14(17)18/h1-3,5-6,11,14,20-21H,4H2/t11-/m0/s1. The minimum atomic E-state index is -3.07. The second kappa shape index (κ2) is 7.16. The average Bonchev–Trinajstić information content (AvgIpc) is 2.44. The smallest absolute Gasteiger partial charge is 0.387 e. The van der Waals surface area contributed by atoms with Crippen molar-refractivity contribution in [3.8, 4) is 11.5 Å². The topological polar surface area (TPSA) is 76.6 Å². The van der Waals surface area contributed by atoms with E-state index in [4.69, 9.17) is 23.2 Å². The van der Waals surface area contributed by atoms with E-state index in [0.717, 1.165) is 24.5 Å². The van der Waals surface area contributed by atoms with Crippen molar-refractivity contribution in [2.24, 2.45) is 0 Å². The second-order valence-corrected chi connectivity index (χ2v) is 5.43. The summed E-state index contributed by atoms with van der Waals surface area (Å²) in [6, 6.07) is 3.53. The van der Waals surface area contributed by atoms with Gasteiger partial charge < -0.3 is 20.2 Å². The molecule has 0 aliphatic carbocycles. The Labute approximate surface area is 139 Å². The highest BCUT2D eigenvalue weighted by atomic mass is 35.5. The van der Waals surface area contributed by atoms with Crippen LogP contribution < -0.4 is 9.47 Å².